The Bertz CT molecular complexity index is 323. The maximum Gasteiger partial charge on any atom is 0.314 e. The van der Waals surface area contributed by atoms with E-state index in [-0.39, 0.29) is 6.03 Å². The molecule has 1 unspecified atom stereocenters. The molecule has 2 N–H and O–H groups in total. The number of rotatable bonds is 1. The zero-order valence-corrected chi connectivity index (χ0v) is 7.89. The number of urea groups is 1. The van der Waals surface area contributed by atoms with Crippen molar-refractivity contribution in [1.82, 2.24) is 4.90 Å². The molecule has 1 aliphatic heterocycles. The first-order valence-electron chi connectivity index (χ1n) is 4.70. The Morgan fingerprint density at radius 3 is 2.64 bits per heavy atom. The van der Waals surface area contributed by atoms with Crippen molar-refractivity contribution < 1.29 is 4.79 Å². The quantitative estimate of drug-likeness (QED) is 0.712. The van der Waals surface area contributed by atoms with Crippen molar-refractivity contribution in [2.75, 3.05) is 13.1 Å². The standard InChI is InChI=1S/C11H13N2O/c12-11(14)13-7-6-10(8-13)9-4-2-1-3-5-9/h1-6,10H,7-8H2,(H2,12,14). The molecule has 0 aromatic heterocycles. The second-order valence-electron chi connectivity index (χ2n) is 3.50. The minimum atomic E-state index is -0.334. The second kappa shape index (κ2) is 3.70. The van der Waals surface area contributed by atoms with E-state index < -0.39 is 0 Å². The van der Waals surface area contributed by atoms with Crippen LogP contribution >= 0.6 is 0 Å². The van der Waals surface area contributed by atoms with E-state index >= 15 is 0 Å². The van der Waals surface area contributed by atoms with Gasteiger partial charge < -0.3 is 10.6 Å². The van der Waals surface area contributed by atoms with E-state index in [1.54, 1.807) is 4.90 Å². The zero-order valence-electron chi connectivity index (χ0n) is 7.89. The lowest BCUT2D eigenvalue weighted by Crippen LogP contribution is -2.33. The van der Waals surface area contributed by atoms with Crippen LogP contribution in [0, 0.1) is 6.42 Å². The predicted octanol–water partition coefficient (Wildman–Crippen LogP) is 1.37. The van der Waals surface area contributed by atoms with E-state index in [1.807, 2.05) is 18.2 Å². The number of carbonyl (C=O) groups excluding carboxylic acids is 1. The summed E-state index contributed by atoms with van der Waals surface area (Å²) in [5.74, 6) is 0.337. The SMILES string of the molecule is NC(=O)N1C[CH]C(c2ccccc2)C1. The number of primary amides is 1. The number of carbonyl (C=O) groups is 1. The van der Waals surface area contributed by atoms with Crippen molar-refractivity contribution in [2.24, 2.45) is 5.73 Å². The monoisotopic (exact) mass is 189 g/mol. The molecule has 1 heterocycles. The van der Waals surface area contributed by atoms with Gasteiger partial charge in [-0.3, -0.25) is 0 Å². The molecule has 0 saturated carbocycles. The molecule has 0 aliphatic carbocycles. The highest BCUT2D eigenvalue weighted by molar-refractivity contribution is 5.72. The van der Waals surface area contributed by atoms with Gasteiger partial charge in [0, 0.05) is 19.0 Å². The third-order valence-electron chi connectivity index (χ3n) is 2.57. The second-order valence-corrected chi connectivity index (χ2v) is 3.50. The van der Waals surface area contributed by atoms with E-state index in [0.29, 0.717) is 19.0 Å². The van der Waals surface area contributed by atoms with Gasteiger partial charge in [0.15, 0.2) is 0 Å². The maximum absolute atomic E-state index is 10.9. The van der Waals surface area contributed by atoms with Crippen LogP contribution < -0.4 is 5.73 Å². The van der Waals surface area contributed by atoms with Gasteiger partial charge in [-0.2, -0.15) is 0 Å². The summed E-state index contributed by atoms with van der Waals surface area (Å²) in [5.41, 5.74) is 6.45. The first-order valence-corrected chi connectivity index (χ1v) is 4.70. The third kappa shape index (κ3) is 1.71. The van der Waals surface area contributed by atoms with Gasteiger partial charge >= 0.3 is 6.03 Å². The highest BCUT2D eigenvalue weighted by Crippen LogP contribution is 2.25. The van der Waals surface area contributed by atoms with Crippen LogP contribution in [0.1, 0.15) is 11.5 Å². The molecule has 0 spiro atoms. The Morgan fingerprint density at radius 2 is 2.07 bits per heavy atom. The molecule has 0 bridgehead atoms. The Labute approximate surface area is 83.5 Å². The predicted molar refractivity (Wildman–Crippen MR) is 54.6 cm³/mol. The molecule has 1 saturated heterocycles. The molecule has 1 atom stereocenters. The van der Waals surface area contributed by atoms with Crippen LogP contribution in [0.25, 0.3) is 0 Å². The summed E-state index contributed by atoms with van der Waals surface area (Å²) in [5, 5.41) is 0. The lowest BCUT2D eigenvalue weighted by atomic mass is 9.99. The van der Waals surface area contributed by atoms with Crippen molar-refractivity contribution in [3.63, 3.8) is 0 Å². The number of hydrogen-bond acceptors (Lipinski definition) is 1. The summed E-state index contributed by atoms with van der Waals surface area (Å²) >= 11 is 0. The van der Waals surface area contributed by atoms with Crippen molar-refractivity contribution >= 4 is 6.03 Å². The van der Waals surface area contributed by atoms with Crippen LogP contribution in [-0.2, 0) is 0 Å². The van der Waals surface area contributed by atoms with Crippen molar-refractivity contribution in [3.8, 4) is 0 Å². The third-order valence-corrected chi connectivity index (χ3v) is 2.57. The lowest BCUT2D eigenvalue weighted by Gasteiger charge is -2.13. The molecule has 1 fully saturated rings. The molecule has 1 aromatic rings. The van der Waals surface area contributed by atoms with Crippen molar-refractivity contribution in [2.45, 2.75) is 5.92 Å². The zero-order chi connectivity index (χ0) is 9.97. The van der Waals surface area contributed by atoms with Crippen LogP contribution in [0.4, 0.5) is 4.79 Å². The number of benzene rings is 1. The number of amides is 2. The van der Waals surface area contributed by atoms with E-state index in [9.17, 15) is 4.79 Å². The lowest BCUT2D eigenvalue weighted by molar-refractivity contribution is 0.218. The van der Waals surface area contributed by atoms with E-state index in [1.165, 1.54) is 5.56 Å². The normalized spacial score (nSPS) is 21.1. The largest absolute Gasteiger partial charge is 0.351 e. The summed E-state index contributed by atoms with van der Waals surface area (Å²) in [7, 11) is 0. The van der Waals surface area contributed by atoms with Gasteiger partial charge in [-0.05, 0) is 12.0 Å². The van der Waals surface area contributed by atoms with Gasteiger partial charge in [-0.1, -0.05) is 30.3 Å². The fourth-order valence-electron chi connectivity index (χ4n) is 1.76. The molecule has 1 aliphatic rings. The minimum absolute atomic E-state index is 0.334. The summed E-state index contributed by atoms with van der Waals surface area (Å²) in [6.45, 7) is 1.37. The van der Waals surface area contributed by atoms with Crippen molar-refractivity contribution in [3.05, 3.63) is 42.3 Å². The Kier molecular flexibility index (Phi) is 2.39. The molecule has 73 valence electrons. The van der Waals surface area contributed by atoms with Crippen molar-refractivity contribution in [1.29, 1.82) is 0 Å². The molecule has 14 heavy (non-hydrogen) atoms. The summed E-state index contributed by atoms with van der Waals surface area (Å²) in [4.78, 5) is 12.6. The van der Waals surface area contributed by atoms with E-state index in [2.05, 4.69) is 18.6 Å². The highest BCUT2D eigenvalue weighted by atomic mass is 16.2. The van der Waals surface area contributed by atoms with Crippen LogP contribution in [-0.4, -0.2) is 24.0 Å². The molecule has 1 radical (unpaired) electrons. The molecule has 1 aromatic carbocycles. The average Bonchev–Trinajstić information content (AvgIpc) is 2.68. The van der Waals surface area contributed by atoms with E-state index in [0.717, 1.165) is 0 Å². The highest BCUT2D eigenvalue weighted by Gasteiger charge is 2.25. The summed E-state index contributed by atoms with van der Waals surface area (Å²) < 4.78 is 0. The average molecular weight is 189 g/mol. The molecule has 2 rings (SSSR count). The molecular formula is C11H13N2O. The maximum atomic E-state index is 10.9. The fraction of sp³-hybridized carbons (Fsp3) is 0.273. The number of nitrogens with two attached hydrogens (primary N) is 1. The minimum Gasteiger partial charge on any atom is -0.351 e. The van der Waals surface area contributed by atoms with Gasteiger partial charge in [0.1, 0.15) is 0 Å². The summed E-state index contributed by atoms with van der Waals surface area (Å²) in [6.07, 6.45) is 2.13. The van der Waals surface area contributed by atoms with Gasteiger partial charge in [-0.25, -0.2) is 4.79 Å². The Morgan fingerprint density at radius 1 is 1.36 bits per heavy atom. The fourth-order valence-corrected chi connectivity index (χ4v) is 1.76. The van der Waals surface area contributed by atoms with Crippen LogP contribution in [0.2, 0.25) is 0 Å². The first-order chi connectivity index (χ1) is 6.77. The Balaban J connectivity index is 2.06. The summed E-state index contributed by atoms with van der Waals surface area (Å²) in [6, 6.07) is 9.83. The molecule has 3 nitrogen and oxygen atoms in total. The van der Waals surface area contributed by atoms with Crippen LogP contribution in [0.15, 0.2) is 30.3 Å². The number of likely N-dealkylation sites (tertiary alicyclic amines) is 1. The van der Waals surface area contributed by atoms with Crippen LogP contribution in [0.5, 0.6) is 0 Å². The number of nitrogens with zero attached hydrogens (tertiary/aromatic N) is 1. The van der Waals surface area contributed by atoms with Crippen LogP contribution in [0.3, 0.4) is 0 Å². The van der Waals surface area contributed by atoms with Gasteiger partial charge in [0.05, 0.1) is 0 Å². The molecule has 2 amide bonds. The topological polar surface area (TPSA) is 46.3 Å². The smallest absolute Gasteiger partial charge is 0.314 e. The Hall–Kier alpha value is -1.51. The van der Waals surface area contributed by atoms with Gasteiger partial charge in [-0.15, -0.1) is 0 Å². The first kappa shape index (κ1) is 9.06. The van der Waals surface area contributed by atoms with Gasteiger partial charge in [0.25, 0.3) is 0 Å². The molecule has 3 heteroatoms. The molecular weight excluding hydrogens is 176 g/mol. The number of hydrogen-bond donors (Lipinski definition) is 1. The van der Waals surface area contributed by atoms with E-state index in [4.69, 9.17) is 5.73 Å². The van der Waals surface area contributed by atoms with Gasteiger partial charge in [0.2, 0.25) is 0 Å².